The highest BCUT2D eigenvalue weighted by Gasteiger charge is 2.25. The second kappa shape index (κ2) is 11.5. The monoisotopic (exact) mass is 488 g/mol. The molecule has 0 saturated heterocycles. The van der Waals surface area contributed by atoms with E-state index in [9.17, 15) is 9.90 Å². The predicted molar refractivity (Wildman–Crippen MR) is 131 cm³/mol. The summed E-state index contributed by atoms with van der Waals surface area (Å²) in [5, 5.41) is 12.4. The summed E-state index contributed by atoms with van der Waals surface area (Å²) in [4.78, 5) is 19.7. The fourth-order valence-corrected chi connectivity index (χ4v) is 4.17. The summed E-state index contributed by atoms with van der Waals surface area (Å²) in [5.74, 6) is 1.52. The molecule has 3 rings (SSSR count). The highest BCUT2D eigenvalue weighted by atomic mass is 35.5. The second-order valence-electron chi connectivity index (χ2n) is 8.08. The van der Waals surface area contributed by atoms with Crippen molar-refractivity contribution in [3.05, 3.63) is 74.7 Å². The van der Waals surface area contributed by atoms with Crippen molar-refractivity contribution in [1.29, 1.82) is 0 Å². The molecule has 1 aromatic heterocycles. The molecule has 1 heterocycles. The number of benzene rings is 2. The van der Waals surface area contributed by atoms with Crippen LogP contribution in [0.4, 0.5) is 0 Å². The van der Waals surface area contributed by atoms with Gasteiger partial charge in [0.2, 0.25) is 0 Å². The number of ether oxygens (including phenoxy) is 2. The first-order valence-corrected chi connectivity index (χ1v) is 12.0. The van der Waals surface area contributed by atoms with Crippen LogP contribution in [0.3, 0.4) is 0 Å². The van der Waals surface area contributed by atoms with E-state index in [0.717, 1.165) is 10.6 Å². The molecular weight excluding hydrogens is 460 g/mol. The van der Waals surface area contributed by atoms with E-state index in [1.165, 1.54) is 11.3 Å². The lowest BCUT2D eigenvalue weighted by Crippen LogP contribution is -2.41. The molecule has 0 aliphatic carbocycles. The standard InChI is InChI=1S/C25H29ClN2O4S/c1-16(2)17(3)28(25(30)18-5-8-22(31-4)9-6-18)12-19-11-20(26)7-10-23(19)32-14-24-27-21(13-29)15-33-24/h5-11,15-17,29H,12-14H2,1-4H3. The van der Waals surface area contributed by atoms with Gasteiger partial charge in [0.25, 0.3) is 5.91 Å². The Bertz CT molecular complexity index is 1070. The molecular formula is C25H29ClN2O4S. The summed E-state index contributed by atoms with van der Waals surface area (Å²) in [5.41, 5.74) is 2.03. The SMILES string of the molecule is COc1ccc(C(=O)N(Cc2cc(Cl)ccc2OCc2nc(CO)cs2)C(C)C(C)C)cc1. The Balaban J connectivity index is 1.86. The molecule has 0 bridgehead atoms. The maximum atomic E-state index is 13.5. The molecule has 8 heteroatoms. The van der Waals surface area contributed by atoms with Crippen LogP contribution in [0.2, 0.25) is 5.02 Å². The van der Waals surface area contributed by atoms with Crippen LogP contribution in [-0.4, -0.2) is 34.0 Å². The number of halogens is 1. The number of hydrogen-bond acceptors (Lipinski definition) is 6. The van der Waals surface area contributed by atoms with Crippen molar-refractivity contribution in [2.45, 2.75) is 46.6 Å². The number of nitrogens with zero attached hydrogens (tertiary/aromatic N) is 2. The Labute approximate surface area is 203 Å². The average Bonchev–Trinajstić information content (AvgIpc) is 3.29. The first-order valence-electron chi connectivity index (χ1n) is 10.7. The van der Waals surface area contributed by atoms with E-state index < -0.39 is 0 Å². The third kappa shape index (κ3) is 6.47. The van der Waals surface area contributed by atoms with E-state index >= 15 is 0 Å². The lowest BCUT2D eigenvalue weighted by atomic mass is 10.0. The van der Waals surface area contributed by atoms with Crippen LogP contribution in [0.1, 0.15) is 47.4 Å². The highest BCUT2D eigenvalue weighted by molar-refractivity contribution is 7.09. The van der Waals surface area contributed by atoms with Crippen molar-refractivity contribution in [2.24, 2.45) is 5.92 Å². The van der Waals surface area contributed by atoms with Crippen molar-refractivity contribution in [1.82, 2.24) is 9.88 Å². The zero-order valence-electron chi connectivity index (χ0n) is 19.2. The molecule has 0 saturated carbocycles. The van der Waals surface area contributed by atoms with Gasteiger partial charge in [-0.15, -0.1) is 11.3 Å². The Kier molecular flexibility index (Phi) is 8.72. The average molecular weight is 489 g/mol. The predicted octanol–water partition coefficient (Wildman–Crippen LogP) is 5.56. The Morgan fingerprint density at radius 1 is 1.18 bits per heavy atom. The first-order chi connectivity index (χ1) is 15.8. The summed E-state index contributed by atoms with van der Waals surface area (Å²) in [7, 11) is 1.60. The number of aliphatic hydroxyl groups is 1. The fourth-order valence-electron chi connectivity index (χ4n) is 3.28. The van der Waals surface area contributed by atoms with Gasteiger partial charge in [0.15, 0.2) is 0 Å². The largest absolute Gasteiger partial charge is 0.497 e. The third-order valence-electron chi connectivity index (χ3n) is 5.53. The molecule has 2 aromatic carbocycles. The van der Waals surface area contributed by atoms with Crippen LogP contribution in [0.25, 0.3) is 0 Å². The Hall–Kier alpha value is -2.61. The molecule has 0 aliphatic heterocycles. The lowest BCUT2D eigenvalue weighted by molar-refractivity contribution is 0.0625. The highest BCUT2D eigenvalue weighted by Crippen LogP contribution is 2.28. The normalized spacial score (nSPS) is 12.0. The quantitative estimate of drug-likeness (QED) is 0.404. The van der Waals surface area contributed by atoms with E-state index in [1.807, 2.05) is 24.0 Å². The molecule has 33 heavy (non-hydrogen) atoms. The number of amides is 1. The molecule has 0 fully saturated rings. The minimum Gasteiger partial charge on any atom is -0.497 e. The maximum Gasteiger partial charge on any atom is 0.254 e. The zero-order chi connectivity index (χ0) is 24.0. The fraction of sp³-hybridized carbons (Fsp3) is 0.360. The molecule has 0 spiro atoms. The van der Waals surface area contributed by atoms with Crippen LogP contribution in [0.5, 0.6) is 11.5 Å². The van der Waals surface area contributed by atoms with Gasteiger partial charge in [0, 0.05) is 34.1 Å². The molecule has 0 aliphatic rings. The molecule has 1 amide bonds. The van der Waals surface area contributed by atoms with Crippen LogP contribution in [-0.2, 0) is 19.8 Å². The number of thiazole rings is 1. The smallest absolute Gasteiger partial charge is 0.254 e. The van der Waals surface area contributed by atoms with Gasteiger partial charge in [-0.25, -0.2) is 4.98 Å². The van der Waals surface area contributed by atoms with E-state index in [0.29, 0.717) is 34.3 Å². The maximum absolute atomic E-state index is 13.5. The van der Waals surface area contributed by atoms with Crippen molar-refractivity contribution in [3.63, 3.8) is 0 Å². The molecule has 3 aromatic rings. The van der Waals surface area contributed by atoms with Crippen LogP contribution in [0, 0.1) is 5.92 Å². The van der Waals surface area contributed by atoms with E-state index in [-0.39, 0.29) is 31.1 Å². The minimum atomic E-state index is -0.0990. The molecule has 1 unspecified atom stereocenters. The number of methoxy groups -OCH3 is 1. The topological polar surface area (TPSA) is 71.9 Å². The van der Waals surface area contributed by atoms with Crippen LogP contribution in [0.15, 0.2) is 47.8 Å². The molecule has 6 nitrogen and oxygen atoms in total. The van der Waals surface area contributed by atoms with Crippen LogP contribution >= 0.6 is 22.9 Å². The van der Waals surface area contributed by atoms with Crippen molar-refractivity contribution >= 4 is 28.8 Å². The molecule has 1 N–H and O–H groups in total. The van der Waals surface area contributed by atoms with Gasteiger partial charge in [0.05, 0.1) is 19.4 Å². The summed E-state index contributed by atoms with van der Waals surface area (Å²) >= 11 is 7.73. The van der Waals surface area contributed by atoms with Crippen LogP contribution < -0.4 is 9.47 Å². The molecule has 176 valence electrons. The summed E-state index contributed by atoms with van der Waals surface area (Å²) < 4.78 is 11.3. The van der Waals surface area contributed by atoms with Crippen molar-refractivity contribution in [3.8, 4) is 11.5 Å². The molecule has 0 radical (unpaired) electrons. The molecule has 1 atom stereocenters. The summed E-state index contributed by atoms with van der Waals surface area (Å²) in [6.07, 6.45) is 0. The lowest BCUT2D eigenvalue weighted by Gasteiger charge is -2.32. The number of hydrogen-bond donors (Lipinski definition) is 1. The van der Waals surface area contributed by atoms with Gasteiger partial charge in [-0.2, -0.15) is 0 Å². The Morgan fingerprint density at radius 2 is 1.91 bits per heavy atom. The number of aromatic nitrogens is 1. The minimum absolute atomic E-state index is 0.0162. The number of carbonyl (C=O) groups excluding carboxylic acids is 1. The van der Waals surface area contributed by atoms with Gasteiger partial charge < -0.3 is 19.5 Å². The van der Waals surface area contributed by atoms with E-state index in [4.69, 9.17) is 21.1 Å². The second-order valence-corrected chi connectivity index (χ2v) is 9.46. The van der Waals surface area contributed by atoms with E-state index in [2.05, 4.69) is 18.8 Å². The number of aliphatic hydroxyl groups excluding tert-OH is 1. The number of carbonyl (C=O) groups is 1. The zero-order valence-corrected chi connectivity index (χ0v) is 20.8. The summed E-state index contributed by atoms with van der Waals surface area (Å²) in [6, 6.07) is 12.5. The van der Waals surface area contributed by atoms with E-state index in [1.54, 1.807) is 42.8 Å². The van der Waals surface area contributed by atoms with Gasteiger partial charge in [-0.05, 0) is 55.3 Å². The summed E-state index contributed by atoms with van der Waals surface area (Å²) in [6.45, 7) is 6.75. The van der Waals surface area contributed by atoms with Gasteiger partial charge in [-0.3, -0.25) is 4.79 Å². The van der Waals surface area contributed by atoms with Gasteiger partial charge in [-0.1, -0.05) is 25.4 Å². The van der Waals surface area contributed by atoms with Crippen molar-refractivity contribution < 1.29 is 19.4 Å². The van der Waals surface area contributed by atoms with Gasteiger partial charge in [0.1, 0.15) is 23.1 Å². The van der Waals surface area contributed by atoms with Gasteiger partial charge >= 0.3 is 0 Å². The number of rotatable bonds is 10. The first kappa shape index (κ1) is 25.0. The van der Waals surface area contributed by atoms with Crippen molar-refractivity contribution in [2.75, 3.05) is 7.11 Å². The Morgan fingerprint density at radius 3 is 2.52 bits per heavy atom. The third-order valence-corrected chi connectivity index (χ3v) is 6.64.